The van der Waals surface area contributed by atoms with Crippen molar-refractivity contribution in [2.75, 3.05) is 0 Å². The largest absolute Gasteiger partial charge is 0.393 e. The second kappa shape index (κ2) is 6.84. The number of hydrogen-bond acceptors (Lipinski definition) is 2. The molecular formula is C12H22N2OS. The van der Waals surface area contributed by atoms with Crippen LogP contribution in [0.2, 0.25) is 0 Å². The second-order valence-corrected chi connectivity index (χ2v) is 5.15. The maximum Gasteiger partial charge on any atom is 0.227 e. The maximum atomic E-state index is 11.6. The minimum absolute atomic E-state index is 0.0232. The summed E-state index contributed by atoms with van der Waals surface area (Å²) >= 11 is 4.73. The third kappa shape index (κ3) is 4.47. The number of carbonyl (C=O) groups is 1. The minimum Gasteiger partial charge on any atom is -0.393 e. The summed E-state index contributed by atoms with van der Waals surface area (Å²) in [5, 5.41) is 3.06. The molecule has 3 N–H and O–H groups in total. The van der Waals surface area contributed by atoms with Crippen LogP contribution in [0.3, 0.4) is 0 Å². The summed E-state index contributed by atoms with van der Waals surface area (Å²) in [6.45, 7) is 2.13. The van der Waals surface area contributed by atoms with Crippen LogP contribution in [0, 0.1) is 5.92 Å². The van der Waals surface area contributed by atoms with Crippen molar-refractivity contribution in [3.8, 4) is 0 Å². The highest BCUT2D eigenvalue weighted by atomic mass is 32.1. The van der Waals surface area contributed by atoms with Crippen molar-refractivity contribution >= 4 is 23.1 Å². The normalized spacial score (nSPS) is 19.1. The Balaban J connectivity index is 2.40. The van der Waals surface area contributed by atoms with Gasteiger partial charge in [0.25, 0.3) is 0 Å². The molecule has 0 aromatic rings. The van der Waals surface area contributed by atoms with Crippen LogP contribution >= 0.6 is 12.2 Å². The molecule has 1 fully saturated rings. The van der Waals surface area contributed by atoms with E-state index in [4.69, 9.17) is 18.0 Å². The van der Waals surface area contributed by atoms with Crippen molar-refractivity contribution in [1.29, 1.82) is 0 Å². The molecule has 1 saturated carbocycles. The Hall–Kier alpha value is -0.640. The Morgan fingerprint density at radius 2 is 2.06 bits per heavy atom. The molecule has 92 valence electrons. The van der Waals surface area contributed by atoms with E-state index in [2.05, 4.69) is 12.2 Å². The van der Waals surface area contributed by atoms with Crippen LogP contribution in [0.1, 0.15) is 51.9 Å². The Morgan fingerprint density at radius 3 is 2.56 bits per heavy atom. The van der Waals surface area contributed by atoms with E-state index in [1.165, 1.54) is 32.1 Å². The number of nitrogens with one attached hydrogen (secondary N) is 1. The summed E-state index contributed by atoms with van der Waals surface area (Å²) in [5.74, 6) is 0.624. The lowest BCUT2D eigenvalue weighted by atomic mass is 9.83. The van der Waals surface area contributed by atoms with Gasteiger partial charge in [0, 0.05) is 6.04 Å². The number of amides is 1. The molecule has 1 rings (SSSR count). The standard InChI is InChI=1S/C12H22N2OS/c1-2-10(9-6-4-3-5-7-9)14-12(15)8-11(13)16/h9-10H,2-8H2,1H3,(H2,13,16)(H,14,15). The second-order valence-electron chi connectivity index (χ2n) is 4.62. The summed E-state index contributed by atoms with van der Waals surface area (Å²) in [6.07, 6.45) is 7.59. The third-order valence-corrected chi connectivity index (χ3v) is 3.48. The van der Waals surface area contributed by atoms with Crippen LogP contribution in [-0.2, 0) is 4.79 Å². The summed E-state index contributed by atoms with van der Waals surface area (Å²) < 4.78 is 0. The van der Waals surface area contributed by atoms with Gasteiger partial charge >= 0.3 is 0 Å². The first-order valence-electron chi connectivity index (χ1n) is 6.21. The topological polar surface area (TPSA) is 55.1 Å². The summed E-state index contributed by atoms with van der Waals surface area (Å²) in [5.41, 5.74) is 5.36. The zero-order valence-corrected chi connectivity index (χ0v) is 10.8. The van der Waals surface area contributed by atoms with E-state index in [0.29, 0.717) is 12.0 Å². The van der Waals surface area contributed by atoms with Crippen LogP contribution in [0.15, 0.2) is 0 Å². The average molecular weight is 242 g/mol. The highest BCUT2D eigenvalue weighted by Crippen LogP contribution is 2.27. The quantitative estimate of drug-likeness (QED) is 0.726. The van der Waals surface area contributed by atoms with Gasteiger partial charge in [-0.15, -0.1) is 0 Å². The number of thiocarbonyl (C=S) groups is 1. The maximum absolute atomic E-state index is 11.6. The van der Waals surface area contributed by atoms with E-state index in [1.54, 1.807) is 0 Å². The fraction of sp³-hybridized carbons (Fsp3) is 0.833. The molecule has 0 aliphatic heterocycles. The van der Waals surface area contributed by atoms with Gasteiger partial charge in [0.2, 0.25) is 5.91 Å². The van der Waals surface area contributed by atoms with Gasteiger partial charge in [-0.3, -0.25) is 4.79 Å². The zero-order chi connectivity index (χ0) is 12.0. The molecule has 0 spiro atoms. The van der Waals surface area contributed by atoms with E-state index in [1.807, 2.05) is 0 Å². The van der Waals surface area contributed by atoms with Gasteiger partial charge < -0.3 is 11.1 Å². The Morgan fingerprint density at radius 1 is 1.44 bits per heavy atom. The highest BCUT2D eigenvalue weighted by molar-refractivity contribution is 7.80. The van der Waals surface area contributed by atoms with Crippen molar-refractivity contribution in [2.24, 2.45) is 11.7 Å². The van der Waals surface area contributed by atoms with Gasteiger partial charge in [-0.2, -0.15) is 0 Å². The highest BCUT2D eigenvalue weighted by Gasteiger charge is 2.23. The minimum atomic E-state index is -0.0232. The monoisotopic (exact) mass is 242 g/mol. The van der Waals surface area contributed by atoms with Crippen LogP contribution in [-0.4, -0.2) is 16.9 Å². The molecule has 1 aliphatic carbocycles. The van der Waals surface area contributed by atoms with Crippen molar-refractivity contribution in [3.63, 3.8) is 0 Å². The predicted molar refractivity (Wildman–Crippen MR) is 70.2 cm³/mol. The molecule has 16 heavy (non-hydrogen) atoms. The zero-order valence-electron chi connectivity index (χ0n) is 10.00. The van der Waals surface area contributed by atoms with E-state index in [0.717, 1.165) is 6.42 Å². The predicted octanol–water partition coefficient (Wildman–Crippen LogP) is 2.14. The van der Waals surface area contributed by atoms with Gasteiger partial charge in [-0.1, -0.05) is 38.4 Å². The molecule has 4 heteroatoms. The number of carbonyl (C=O) groups excluding carboxylic acids is 1. The Kier molecular flexibility index (Phi) is 5.74. The van der Waals surface area contributed by atoms with Crippen molar-refractivity contribution in [2.45, 2.75) is 57.9 Å². The first kappa shape index (κ1) is 13.4. The molecule has 1 atom stereocenters. The SMILES string of the molecule is CCC(NC(=O)CC(N)=S)C1CCCCC1. The van der Waals surface area contributed by atoms with E-state index < -0.39 is 0 Å². The van der Waals surface area contributed by atoms with E-state index in [9.17, 15) is 4.79 Å². The first-order valence-corrected chi connectivity index (χ1v) is 6.62. The van der Waals surface area contributed by atoms with Gasteiger partial charge in [0.05, 0.1) is 11.4 Å². The van der Waals surface area contributed by atoms with Crippen LogP contribution in [0.25, 0.3) is 0 Å². The van der Waals surface area contributed by atoms with Gasteiger partial charge in [0.15, 0.2) is 0 Å². The summed E-state index contributed by atoms with van der Waals surface area (Å²) in [7, 11) is 0. The molecule has 1 aliphatic rings. The molecule has 3 nitrogen and oxygen atoms in total. The Bertz CT molecular complexity index is 249. The van der Waals surface area contributed by atoms with Gasteiger partial charge in [0.1, 0.15) is 0 Å². The van der Waals surface area contributed by atoms with Crippen molar-refractivity contribution in [3.05, 3.63) is 0 Å². The van der Waals surface area contributed by atoms with Crippen LogP contribution < -0.4 is 11.1 Å². The van der Waals surface area contributed by atoms with Crippen molar-refractivity contribution in [1.82, 2.24) is 5.32 Å². The lowest BCUT2D eigenvalue weighted by molar-refractivity contribution is -0.121. The fourth-order valence-electron chi connectivity index (χ4n) is 2.51. The summed E-state index contributed by atoms with van der Waals surface area (Å²) in [4.78, 5) is 11.9. The number of nitrogens with two attached hydrogens (primary N) is 1. The molecule has 0 aromatic heterocycles. The summed E-state index contributed by atoms with van der Waals surface area (Å²) in [6, 6.07) is 0.308. The molecule has 1 unspecified atom stereocenters. The molecule has 0 radical (unpaired) electrons. The first-order chi connectivity index (χ1) is 7.63. The van der Waals surface area contributed by atoms with Crippen molar-refractivity contribution < 1.29 is 4.79 Å². The smallest absolute Gasteiger partial charge is 0.227 e. The number of rotatable bonds is 5. The molecule has 1 amide bonds. The molecule has 0 aromatic carbocycles. The van der Waals surface area contributed by atoms with Gasteiger partial charge in [-0.25, -0.2) is 0 Å². The average Bonchev–Trinajstić information content (AvgIpc) is 2.26. The van der Waals surface area contributed by atoms with Gasteiger partial charge in [-0.05, 0) is 25.2 Å². The lowest BCUT2D eigenvalue weighted by Gasteiger charge is -2.30. The lowest BCUT2D eigenvalue weighted by Crippen LogP contribution is -2.41. The van der Waals surface area contributed by atoms with Crippen LogP contribution in [0.4, 0.5) is 0 Å². The third-order valence-electron chi connectivity index (χ3n) is 3.34. The number of hydrogen-bond donors (Lipinski definition) is 2. The molecule has 0 saturated heterocycles. The Labute approximate surface area is 103 Å². The van der Waals surface area contributed by atoms with E-state index >= 15 is 0 Å². The molecular weight excluding hydrogens is 220 g/mol. The molecule has 0 bridgehead atoms. The van der Waals surface area contributed by atoms with E-state index in [-0.39, 0.29) is 17.3 Å². The fourth-order valence-corrected chi connectivity index (χ4v) is 2.64. The van der Waals surface area contributed by atoms with Crippen LogP contribution in [0.5, 0.6) is 0 Å². The molecule has 0 heterocycles.